The molecular formula is C15H21N3OS. The molecule has 0 atom stereocenters. The Morgan fingerprint density at radius 2 is 2.20 bits per heavy atom. The van der Waals surface area contributed by atoms with Gasteiger partial charge in [-0.3, -0.25) is 4.79 Å². The SMILES string of the molecule is CC(C)(S)CC(=O)NN=C1CCCc2cc(N)ccc21. The number of fused-ring (bicyclic) bond motifs is 1. The molecule has 3 N–H and O–H groups in total. The zero-order valence-electron chi connectivity index (χ0n) is 11.9. The van der Waals surface area contributed by atoms with Crippen LogP contribution in [0.5, 0.6) is 0 Å². The van der Waals surface area contributed by atoms with Crippen molar-refractivity contribution in [3.05, 3.63) is 29.3 Å². The molecule has 1 aliphatic rings. The number of anilines is 1. The molecule has 5 heteroatoms. The third-order valence-corrected chi connectivity index (χ3v) is 3.37. The minimum absolute atomic E-state index is 0.111. The van der Waals surface area contributed by atoms with Crippen LogP contribution in [-0.4, -0.2) is 16.4 Å². The molecule has 0 heterocycles. The molecule has 0 spiro atoms. The van der Waals surface area contributed by atoms with E-state index in [1.54, 1.807) is 0 Å². The Morgan fingerprint density at radius 1 is 1.45 bits per heavy atom. The average Bonchev–Trinajstić information content (AvgIpc) is 2.33. The molecule has 1 amide bonds. The van der Waals surface area contributed by atoms with Gasteiger partial charge in [0.2, 0.25) is 5.91 Å². The maximum atomic E-state index is 11.8. The Morgan fingerprint density at radius 3 is 2.90 bits per heavy atom. The van der Waals surface area contributed by atoms with E-state index in [1.807, 2.05) is 32.0 Å². The second-order valence-corrected chi connectivity index (χ2v) is 7.06. The van der Waals surface area contributed by atoms with Gasteiger partial charge in [0.15, 0.2) is 0 Å². The quantitative estimate of drug-likeness (QED) is 0.455. The third kappa shape index (κ3) is 4.00. The fraction of sp³-hybridized carbons (Fsp3) is 0.467. The van der Waals surface area contributed by atoms with Crippen molar-refractivity contribution in [1.29, 1.82) is 0 Å². The number of hydrogen-bond acceptors (Lipinski definition) is 4. The number of amides is 1. The number of aryl methyl sites for hydroxylation is 1. The molecule has 0 aromatic heterocycles. The van der Waals surface area contributed by atoms with Crippen molar-refractivity contribution in [3.63, 3.8) is 0 Å². The average molecular weight is 291 g/mol. The summed E-state index contributed by atoms with van der Waals surface area (Å²) < 4.78 is -0.330. The lowest BCUT2D eigenvalue weighted by Gasteiger charge is -2.19. The standard InChI is InChI=1S/C15H21N3OS/c1-15(2,20)9-14(19)18-17-13-5-3-4-10-8-11(16)6-7-12(10)13/h6-8,20H,3-5,9,16H2,1-2H3,(H,18,19). The van der Waals surface area contributed by atoms with Crippen LogP contribution in [0.25, 0.3) is 0 Å². The third-order valence-electron chi connectivity index (χ3n) is 3.21. The summed E-state index contributed by atoms with van der Waals surface area (Å²) in [6, 6.07) is 5.85. The van der Waals surface area contributed by atoms with E-state index in [-0.39, 0.29) is 10.7 Å². The first-order chi connectivity index (χ1) is 9.35. The number of carbonyl (C=O) groups is 1. The number of nitrogen functional groups attached to an aromatic ring is 1. The van der Waals surface area contributed by atoms with Crippen LogP contribution in [0, 0.1) is 0 Å². The van der Waals surface area contributed by atoms with Crippen LogP contribution in [0.1, 0.15) is 44.2 Å². The van der Waals surface area contributed by atoms with E-state index in [4.69, 9.17) is 5.73 Å². The summed E-state index contributed by atoms with van der Waals surface area (Å²) in [6.07, 6.45) is 3.25. The number of nitrogens with one attached hydrogen (secondary N) is 1. The van der Waals surface area contributed by atoms with Gasteiger partial charge in [-0.1, -0.05) is 19.9 Å². The molecule has 1 aliphatic carbocycles. The first kappa shape index (κ1) is 14.9. The van der Waals surface area contributed by atoms with E-state index >= 15 is 0 Å². The first-order valence-corrected chi connectivity index (χ1v) is 7.26. The zero-order chi connectivity index (χ0) is 14.8. The molecule has 20 heavy (non-hydrogen) atoms. The van der Waals surface area contributed by atoms with Crippen LogP contribution in [0.15, 0.2) is 23.3 Å². The first-order valence-electron chi connectivity index (χ1n) is 6.82. The Kier molecular flexibility index (Phi) is 4.38. The largest absolute Gasteiger partial charge is 0.399 e. The second kappa shape index (κ2) is 5.87. The number of hydrazone groups is 1. The molecule has 4 nitrogen and oxygen atoms in total. The van der Waals surface area contributed by atoms with Crippen LogP contribution >= 0.6 is 12.6 Å². The molecule has 0 aliphatic heterocycles. The van der Waals surface area contributed by atoms with Gasteiger partial charge in [0, 0.05) is 22.4 Å². The van der Waals surface area contributed by atoms with Crippen molar-refractivity contribution < 1.29 is 4.79 Å². The van der Waals surface area contributed by atoms with E-state index in [2.05, 4.69) is 23.2 Å². The predicted octanol–water partition coefficient (Wildman–Crippen LogP) is 2.52. The minimum Gasteiger partial charge on any atom is -0.399 e. The molecule has 0 bridgehead atoms. The molecule has 1 aromatic carbocycles. The van der Waals surface area contributed by atoms with Crippen molar-refractivity contribution >= 4 is 29.9 Å². The van der Waals surface area contributed by atoms with Gasteiger partial charge >= 0.3 is 0 Å². The molecular weight excluding hydrogens is 270 g/mol. The lowest BCUT2D eigenvalue weighted by Crippen LogP contribution is -2.27. The fourth-order valence-corrected chi connectivity index (χ4v) is 2.50. The number of nitrogens with zero attached hydrogens (tertiary/aromatic N) is 1. The van der Waals surface area contributed by atoms with E-state index in [0.717, 1.165) is 36.2 Å². The van der Waals surface area contributed by atoms with Crippen LogP contribution in [0.2, 0.25) is 0 Å². The van der Waals surface area contributed by atoms with Crippen LogP contribution < -0.4 is 11.2 Å². The molecule has 0 unspecified atom stereocenters. The second-order valence-electron chi connectivity index (χ2n) is 5.85. The molecule has 2 rings (SSSR count). The predicted molar refractivity (Wildman–Crippen MR) is 86.2 cm³/mol. The summed E-state index contributed by atoms with van der Waals surface area (Å²) in [5.74, 6) is -0.111. The molecule has 0 saturated heterocycles. The summed E-state index contributed by atoms with van der Waals surface area (Å²) in [5, 5.41) is 4.28. The zero-order valence-corrected chi connectivity index (χ0v) is 12.8. The van der Waals surface area contributed by atoms with Gasteiger partial charge in [-0.2, -0.15) is 17.7 Å². The molecule has 0 saturated carbocycles. The van der Waals surface area contributed by atoms with E-state index in [0.29, 0.717) is 6.42 Å². The minimum atomic E-state index is -0.330. The lowest BCUT2D eigenvalue weighted by molar-refractivity contribution is -0.121. The summed E-state index contributed by atoms with van der Waals surface area (Å²) in [6.45, 7) is 3.81. The Balaban J connectivity index is 2.11. The van der Waals surface area contributed by atoms with E-state index in [1.165, 1.54) is 5.56 Å². The van der Waals surface area contributed by atoms with Crippen molar-refractivity contribution in [2.75, 3.05) is 5.73 Å². The number of thiol groups is 1. The fourth-order valence-electron chi connectivity index (χ4n) is 2.36. The Bertz CT molecular complexity index is 547. The van der Waals surface area contributed by atoms with E-state index < -0.39 is 0 Å². The normalized spacial score (nSPS) is 16.9. The summed E-state index contributed by atoms with van der Waals surface area (Å²) in [4.78, 5) is 11.8. The number of hydrogen-bond donors (Lipinski definition) is 3. The number of benzene rings is 1. The van der Waals surface area contributed by atoms with Gasteiger partial charge in [-0.25, -0.2) is 5.43 Å². The molecule has 0 fully saturated rings. The highest BCUT2D eigenvalue weighted by molar-refractivity contribution is 7.81. The maximum absolute atomic E-state index is 11.8. The van der Waals surface area contributed by atoms with E-state index in [9.17, 15) is 4.79 Å². The van der Waals surface area contributed by atoms with Gasteiger partial charge in [-0.05, 0) is 37.0 Å². The van der Waals surface area contributed by atoms with Crippen molar-refractivity contribution in [1.82, 2.24) is 5.43 Å². The van der Waals surface area contributed by atoms with Crippen molar-refractivity contribution in [2.24, 2.45) is 5.10 Å². The van der Waals surface area contributed by atoms with Gasteiger partial charge in [0.1, 0.15) is 0 Å². The summed E-state index contributed by atoms with van der Waals surface area (Å²) >= 11 is 4.35. The maximum Gasteiger partial charge on any atom is 0.241 e. The highest BCUT2D eigenvalue weighted by atomic mass is 32.1. The van der Waals surface area contributed by atoms with Gasteiger partial charge < -0.3 is 5.73 Å². The topological polar surface area (TPSA) is 67.5 Å². The molecule has 108 valence electrons. The Labute approximate surface area is 125 Å². The number of nitrogens with two attached hydrogens (primary N) is 1. The van der Waals surface area contributed by atoms with Crippen molar-refractivity contribution in [2.45, 2.75) is 44.3 Å². The monoisotopic (exact) mass is 291 g/mol. The molecule has 1 aromatic rings. The smallest absolute Gasteiger partial charge is 0.241 e. The van der Waals surface area contributed by atoms with Gasteiger partial charge in [-0.15, -0.1) is 0 Å². The molecule has 0 radical (unpaired) electrons. The van der Waals surface area contributed by atoms with Crippen LogP contribution in [0.4, 0.5) is 5.69 Å². The van der Waals surface area contributed by atoms with Crippen molar-refractivity contribution in [3.8, 4) is 0 Å². The number of rotatable bonds is 3. The lowest BCUT2D eigenvalue weighted by atomic mass is 9.90. The number of carbonyl (C=O) groups excluding carboxylic acids is 1. The highest BCUT2D eigenvalue weighted by Gasteiger charge is 2.18. The van der Waals surface area contributed by atoms with Gasteiger partial charge in [0.25, 0.3) is 0 Å². The highest BCUT2D eigenvalue weighted by Crippen LogP contribution is 2.23. The van der Waals surface area contributed by atoms with Crippen LogP contribution in [0.3, 0.4) is 0 Å². The summed E-state index contributed by atoms with van der Waals surface area (Å²) in [7, 11) is 0. The Hall–Kier alpha value is -1.49. The van der Waals surface area contributed by atoms with Crippen LogP contribution in [-0.2, 0) is 11.2 Å². The van der Waals surface area contributed by atoms with Gasteiger partial charge in [0.05, 0.1) is 5.71 Å². The summed E-state index contributed by atoms with van der Waals surface area (Å²) in [5.41, 5.74) is 12.4.